The molecule has 0 aliphatic heterocycles. The molecule has 0 atom stereocenters. The molecule has 2 aromatic rings. The number of amides is 3. The molecule has 2 rings (SSSR count). The Balaban J connectivity index is 1.74. The first kappa shape index (κ1) is 21.7. The molecule has 0 aliphatic rings. The average Bonchev–Trinajstić information content (AvgIpc) is 2.68. The summed E-state index contributed by atoms with van der Waals surface area (Å²) in [6.45, 7) is 4.76. The number of carbonyl (C=O) groups is 3. The lowest BCUT2D eigenvalue weighted by Crippen LogP contribution is -2.37. The summed E-state index contributed by atoms with van der Waals surface area (Å²) < 4.78 is 15.3. The predicted molar refractivity (Wildman–Crippen MR) is 107 cm³/mol. The molecule has 0 radical (unpaired) electrons. The third-order valence-corrected chi connectivity index (χ3v) is 4.05. The van der Waals surface area contributed by atoms with E-state index in [-0.39, 0.29) is 0 Å². The molecule has 0 fully saturated rings. The van der Waals surface area contributed by atoms with Crippen LogP contribution in [-0.2, 0) is 14.3 Å². The number of rotatable bonds is 7. The highest BCUT2D eigenvalue weighted by Crippen LogP contribution is 2.27. The van der Waals surface area contributed by atoms with E-state index in [2.05, 4.69) is 10.6 Å². The van der Waals surface area contributed by atoms with Gasteiger partial charge in [0.05, 0.1) is 7.11 Å². The van der Waals surface area contributed by atoms with Gasteiger partial charge in [-0.2, -0.15) is 0 Å². The highest BCUT2D eigenvalue weighted by Gasteiger charge is 2.13. The molecule has 0 aliphatic carbocycles. The zero-order chi connectivity index (χ0) is 21.4. The number of benzene rings is 2. The van der Waals surface area contributed by atoms with Crippen LogP contribution in [0.25, 0.3) is 0 Å². The van der Waals surface area contributed by atoms with Gasteiger partial charge in [-0.1, -0.05) is 12.1 Å². The van der Waals surface area contributed by atoms with Gasteiger partial charge in [0, 0.05) is 5.69 Å². The van der Waals surface area contributed by atoms with Crippen molar-refractivity contribution in [3.05, 3.63) is 53.1 Å². The molecular formula is C21H24N2O6. The molecule has 0 heterocycles. The molecule has 0 saturated heterocycles. The van der Waals surface area contributed by atoms with E-state index in [0.29, 0.717) is 17.2 Å². The Hall–Kier alpha value is -3.55. The fraction of sp³-hybridized carbons (Fsp3) is 0.286. The lowest BCUT2D eigenvalue weighted by Gasteiger charge is -2.11. The number of methoxy groups -OCH3 is 1. The monoisotopic (exact) mass is 400 g/mol. The van der Waals surface area contributed by atoms with Crippen molar-refractivity contribution in [3.63, 3.8) is 0 Å². The van der Waals surface area contributed by atoms with Crippen molar-refractivity contribution in [3.8, 4) is 11.5 Å². The highest BCUT2D eigenvalue weighted by atomic mass is 16.6. The van der Waals surface area contributed by atoms with E-state index in [1.807, 2.05) is 32.9 Å². The van der Waals surface area contributed by atoms with E-state index in [1.165, 1.54) is 7.11 Å². The third kappa shape index (κ3) is 6.84. The van der Waals surface area contributed by atoms with Gasteiger partial charge in [0.1, 0.15) is 0 Å². The molecule has 29 heavy (non-hydrogen) atoms. The number of nitrogens with one attached hydrogen (secondary N) is 2. The average molecular weight is 400 g/mol. The van der Waals surface area contributed by atoms with Crippen molar-refractivity contribution < 1.29 is 28.6 Å². The molecule has 0 spiro atoms. The maximum atomic E-state index is 11.9. The van der Waals surface area contributed by atoms with Gasteiger partial charge in [0.25, 0.3) is 5.91 Å². The van der Waals surface area contributed by atoms with E-state index < -0.39 is 31.1 Å². The summed E-state index contributed by atoms with van der Waals surface area (Å²) in [5, 5.41) is 4.63. The van der Waals surface area contributed by atoms with Crippen LogP contribution in [0, 0.1) is 20.8 Å². The molecule has 0 aromatic heterocycles. The number of hydrogen-bond donors (Lipinski definition) is 2. The molecular weight excluding hydrogens is 376 g/mol. The summed E-state index contributed by atoms with van der Waals surface area (Å²) in [5.41, 5.74) is 3.63. The number of anilines is 1. The molecule has 2 N–H and O–H groups in total. The zero-order valence-electron chi connectivity index (χ0n) is 16.8. The van der Waals surface area contributed by atoms with Gasteiger partial charge < -0.3 is 19.5 Å². The fourth-order valence-corrected chi connectivity index (χ4v) is 2.36. The molecule has 2 aromatic carbocycles. The molecule has 0 bridgehead atoms. The minimum Gasteiger partial charge on any atom is -0.493 e. The number of carbonyl (C=O) groups excluding carboxylic acids is 3. The Kier molecular flexibility index (Phi) is 7.59. The van der Waals surface area contributed by atoms with Crippen molar-refractivity contribution >= 4 is 23.6 Å². The van der Waals surface area contributed by atoms with Gasteiger partial charge in [0.2, 0.25) is 0 Å². The standard InChI is InChI=1S/C21H24N2O6/c1-13-5-8-17(18(9-13)27-4)28-12-20(25)29-11-19(24)23-21(26)22-16-7-6-14(2)15(3)10-16/h5-10H,11-12H2,1-4H3,(H2,22,23,24,26). The largest absolute Gasteiger partial charge is 0.493 e. The van der Waals surface area contributed by atoms with Crippen LogP contribution >= 0.6 is 0 Å². The number of imide groups is 1. The lowest BCUT2D eigenvalue weighted by atomic mass is 10.1. The molecule has 8 nitrogen and oxygen atoms in total. The topological polar surface area (TPSA) is 103 Å². The van der Waals surface area contributed by atoms with Crippen molar-refractivity contribution in [1.82, 2.24) is 5.32 Å². The first-order valence-corrected chi connectivity index (χ1v) is 8.89. The Morgan fingerprint density at radius 1 is 0.897 bits per heavy atom. The van der Waals surface area contributed by atoms with E-state index in [0.717, 1.165) is 16.7 Å². The number of esters is 1. The second-order valence-electron chi connectivity index (χ2n) is 6.41. The molecule has 3 amide bonds. The summed E-state index contributed by atoms with van der Waals surface area (Å²) >= 11 is 0. The minimum absolute atomic E-state index is 0.382. The third-order valence-electron chi connectivity index (χ3n) is 4.05. The van der Waals surface area contributed by atoms with Gasteiger partial charge in [-0.05, 0) is 61.7 Å². The smallest absolute Gasteiger partial charge is 0.344 e. The van der Waals surface area contributed by atoms with Gasteiger partial charge in [-0.15, -0.1) is 0 Å². The van der Waals surface area contributed by atoms with Crippen LogP contribution in [0.2, 0.25) is 0 Å². The van der Waals surface area contributed by atoms with Gasteiger partial charge >= 0.3 is 12.0 Å². The summed E-state index contributed by atoms with van der Waals surface area (Å²) in [4.78, 5) is 35.4. The van der Waals surface area contributed by atoms with Crippen LogP contribution in [-0.4, -0.2) is 38.2 Å². The van der Waals surface area contributed by atoms with Gasteiger partial charge in [0.15, 0.2) is 24.7 Å². The Labute approximate surface area is 169 Å². The minimum atomic E-state index is -0.757. The van der Waals surface area contributed by atoms with E-state index in [4.69, 9.17) is 14.2 Å². The fourth-order valence-electron chi connectivity index (χ4n) is 2.36. The zero-order valence-corrected chi connectivity index (χ0v) is 16.8. The van der Waals surface area contributed by atoms with Gasteiger partial charge in [-0.3, -0.25) is 10.1 Å². The predicted octanol–water partition coefficient (Wildman–Crippen LogP) is 2.89. The van der Waals surface area contributed by atoms with E-state index in [1.54, 1.807) is 24.3 Å². The van der Waals surface area contributed by atoms with Crippen molar-refractivity contribution in [2.45, 2.75) is 20.8 Å². The lowest BCUT2D eigenvalue weighted by molar-refractivity contribution is -0.150. The Morgan fingerprint density at radius 2 is 1.66 bits per heavy atom. The number of urea groups is 1. The Morgan fingerprint density at radius 3 is 2.34 bits per heavy atom. The normalized spacial score (nSPS) is 10.1. The van der Waals surface area contributed by atoms with Crippen molar-refractivity contribution in [2.24, 2.45) is 0 Å². The van der Waals surface area contributed by atoms with Crippen molar-refractivity contribution in [1.29, 1.82) is 0 Å². The Bertz CT molecular complexity index is 910. The second kappa shape index (κ2) is 10.1. The SMILES string of the molecule is COc1cc(C)ccc1OCC(=O)OCC(=O)NC(=O)Nc1ccc(C)c(C)c1. The van der Waals surface area contributed by atoms with E-state index in [9.17, 15) is 14.4 Å². The first-order valence-electron chi connectivity index (χ1n) is 8.89. The molecule has 154 valence electrons. The van der Waals surface area contributed by atoms with Crippen LogP contribution in [0.1, 0.15) is 16.7 Å². The molecule has 8 heteroatoms. The number of hydrogen-bond acceptors (Lipinski definition) is 6. The maximum absolute atomic E-state index is 11.9. The number of aryl methyl sites for hydroxylation is 3. The van der Waals surface area contributed by atoms with E-state index >= 15 is 0 Å². The van der Waals surface area contributed by atoms with Crippen LogP contribution < -0.4 is 20.1 Å². The summed E-state index contributed by atoms with van der Waals surface area (Å²) in [5.74, 6) is -0.643. The second-order valence-corrected chi connectivity index (χ2v) is 6.41. The van der Waals surface area contributed by atoms with Crippen molar-refractivity contribution in [2.75, 3.05) is 25.6 Å². The first-order chi connectivity index (χ1) is 13.8. The maximum Gasteiger partial charge on any atom is 0.344 e. The quantitative estimate of drug-likeness (QED) is 0.693. The van der Waals surface area contributed by atoms with Crippen LogP contribution in [0.3, 0.4) is 0 Å². The summed E-state index contributed by atoms with van der Waals surface area (Å²) in [7, 11) is 1.49. The van der Waals surface area contributed by atoms with Gasteiger partial charge in [-0.25, -0.2) is 9.59 Å². The summed E-state index contributed by atoms with van der Waals surface area (Å²) in [6, 6.07) is 9.91. The highest BCUT2D eigenvalue weighted by molar-refractivity contribution is 6.01. The molecule has 0 saturated carbocycles. The number of ether oxygens (including phenoxy) is 3. The van der Waals surface area contributed by atoms with Crippen LogP contribution in [0.15, 0.2) is 36.4 Å². The summed E-state index contributed by atoms with van der Waals surface area (Å²) in [6.07, 6.45) is 0. The molecule has 0 unspecified atom stereocenters. The van der Waals surface area contributed by atoms with Crippen LogP contribution in [0.4, 0.5) is 10.5 Å². The van der Waals surface area contributed by atoms with Crippen LogP contribution in [0.5, 0.6) is 11.5 Å².